The maximum absolute atomic E-state index is 12.5. The van der Waals surface area contributed by atoms with Crippen LogP contribution in [0.25, 0.3) is 0 Å². The van der Waals surface area contributed by atoms with Crippen LogP contribution in [0.15, 0.2) is 52.3 Å². The Morgan fingerprint density at radius 3 is 2.38 bits per heavy atom. The number of aryl methyl sites for hydroxylation is 1. The van der Waals surface area contributed by atoms with Crippen LogP contribution in [0.2, 0.25) is 0 Å². The second kappa shape index (κ2) is 8.70. The van der Waals surface area contributed by atoms with Gasteiger partial charge in [-0.25, -0.2) is 12.7 Å². The number of hydrogen-bond acceptors (Lipinski definition) is 4. The minimum atomic E-state index is -3.60. The van der Waals surface area contributed by atoms with E-state index in [-0.39, 0.29) is 10.8 Å². The Morgan fingerprint density at radius 1 is 1.12 bits per heavy atom. The summed E-state index contributed by atoms with van der Waals surface area (Å²) in [5.41, 5.74) is 1.80. The Labute approximate surface area is 159 Å². The van der Waals surface area contributed by atoms with Gasteiger partial charge in [-0.1, -0.05) is 18.2 Å². The smallest absolute Gasteiger partial charge is 0.251 e. The molecular weight excluding hydrogens is 368 g/mol. The van der Waals surface area contributed by atoms with E-state index < -0.39 is 10.0 Å². The summed E-state index contributed by atoms with van der Waals surface area (Å²) < 4.78 is 26.1. The third-order valence-corrected chi connectivity index (χ3v) is 7.00. The molecule has 0 heterocycles. The third-order valence-electron chi connectivity index (χ3n) is 4.04. The van der Waals surface area contributed by atoms with Crippen molar-refractivity contribution in [2.45, 2.75) is 23.6 Å². The van der Waals surface area contributed by atoms with Gasteiger partial charge in [0.2, 0.25) is 10.0 Å². The Balaban J connectivity index is 2.08. The molecule has 26 heavy (non-hydrogen) atoms. The summed E-state index contributed by atoms with van der Waals surface area (Å²) in [6.45, 7) is 4.07. The molecule has 1 amide bonds. The Hall–Kier alpha value is -1.83. The van der Waals surface area contributed by atoms with E-state index in [0.717, 1.165) is 20.5 Å². The fourth-order valence-electron chi connectivity index (χ4n) is 2.37. The molecule has 0 radical (unpaired) electrons. The number of amides is 1. The van der Waals surface area contributed by atoms with Crippen LogP contribution in [0.3, 0.4) is 0 Å². The van der Waals surface area contributed by atoms with Crippen molar-refractivity contribution in [1.82, 2.24) is 9.62 Å². The highest BCUT2D eigenvalue weighted by Crippen LogP contribution is 2.23. The van der Waals surface area contributed by atoms with Gasteiger partial charge in [-0.05, 0) is 49.2 Å². The second-order valence-electron chi connectivity index (χ2n) is 6.12. The van der Waals surface area contributed by atoms with Crippen molar-refractivity contribution in [2.75, 3.05) is 26.4 Å². The zero-order valence-electron chi connectivity index (χ0n) is 15.4. The third kappa shape index (κ3) is 4.87. The predicted octanol–water partition coefficient (Wildman–Crippen LogP) is 3.08. The molecule has 2 aromatic rings. The summed E-state index contributed by atoms with van der Waals surface area (Å²) in [5.74, 6) is 0.473. The summed E-state index contributed by atoms with van der Waals surface area (Å²) >= 11 is 1.66. The highest BCUT2D eigenvalue weighted by molar-refractivity contribution is 7.99. The number of benzene rings is 2. The summed E-state index contributed by atoms with van der Waals surface area (Å²) in [4.78, 5) is 13.8. The first-order valence-corrected chi connectivity index (χ1v) is 10.7. The number of hydrogen-bond donors (Lipinski definition) is 1. The van der Waals surface area contributed by atoms with Crippen LogP contribution in [-0.2, 0) is 10.0 Å². The Morgan fingerprint density at radius 2 is 1.77 bits per heavy atom. The fourth-order valence-corrected chi connectivity index (χ4v) is 4.38. The van der Waals surface area contributed by atoms with Gasteiger partial charge in [0, 0.05) is 36.9 Å². The fraction of sp³-hybridized carbons (Fsp3) is 0.316. The van der Waals surface area contributed by atoms with E-state index in [0.29, 0.717) is 17.7 Å². The average molecular weight is 393 g/mol. The molecule has 0 aliphatic heterocycles. The minimum Gasteiger partial charge on any atom is -0.351 e. The Kier molecular flexibility index (Phi) is 6.86. The van der Waals surface area contributed by atoms with Crippen molar-refractivity contribution in [1.29, 1.82) is 0 Å². The zero-order valence-corrected chi connectivity index (χ0v) is 17.1. The molecule has 7 heteroatoms. The van der Waals surface area contributed by atoms with E-state index in [2.05, 4.69) is 5.32 Å². The lowest BCUT2D eigenvalue weighted by molar-refractivity contribution is 0.0956. The molecule has 0 atom stereocenters. The molecule has 0 aliphatic carbocycles. The van der Waals surface area contributed by atoms with E-state index in [9.17, 15) is 13.2 Å². The first-order valence-electron chi connectivity index (χ1n) is 8.23. The molecule has 0 aliphatic rings. The van der Waals surface area contributed by atoms with Crippen LogP contribution in [-0.4, -0.2) is 45.0 Å². The van der Waals surface area contributed by atoms with E-state index in [4.69, 9.17) is 0 Å². The van der Waals surface area contributed by atoms with Crippen LogP contribution in [0.4, 0.5) is 0 Å². The van der Waals surface area contributed by atoms with Gasteiger partial charge in [0.25, 0.3) is 5.91 Å². The van der Waals surface area contributed by atoms with Gasteiger partial charge in [0.1, 0.15) is 0 Å². The predicted molar refractivity (Wildman–Crippen MR) is 106 cm³/mol. The largest absolute Gasteiger partial charge is 0.351 e. The molecule has 0 bridgehead atoms. The van der Waals surface area contributed by atoms with Crippen molar-refractivity contribution in [3.8, 4) is 0 Å². The van der Waals surface area contributed by atoms with Crippen molar-refractivity contribution in [3.63, 3.8) is 0 Å². The molecule has 1 N–H and O–H groups in total. The molecule has 2 rings (SSSR count). The maximum Gasteiger partial charge on any atom is 0.251 e. The molecule has 140 valence electrons. The quantitative estimate of drug-likeness (QED) is 0.581. The lowest BCUT2D eigenvalue weighted by Gasteiger charge is -2.16. The summed E-state index contributed by atoms with van der Waals surface area (Å²) in [6, 6.07) is 13.1. The standard InChI is InChI=1S/C19H24N2O3S2/c1-14-12-16(13-18(15(14)2)26(23,24)21(3)4)19(22)20-10-11-25-17-8-6-5-7-9-17/h5-9,12-13H,10-11H2,1-4H3,(H,20,22). The van der Waals surface area contributed by atoms with Gasteiger partial charge in [0.05, 0.1) is 4.90 Å². The first kappa shape index (κ1) is 20.5. The van der Waals surface area contributed by atoms with E-state index in [1.165, 1.54) is 20.2 Å². The molecule has 5 nitrogen and oxygen atoms in total. The highest BCUT2D eigenvalue weighted by Gasteiger charge is 2.22. The van der Waals surface area contributed by atoms with Crippen LogP contribution >= 0.6 is 11.8 Å². The van der Waals surface area contributed by atoms with Gasteiger partial charge in [0.15, 0.2) is 0 Å². The highest BCUT2D eigenvalue weighted by atomic mass is 32.2. The van der Waals surface area contributed by atoms with Gasteiger partial charge < -0.3 is 5.32 Å². The van der Waals surface area contributed by atoms with Crippen LogP contribution < -0.4 is 5.32 Å². The van der Waals surface area contributed by atoms with E-state index >= 15 is 0 Å². The summed E-state index contributed by atoms with van der Waals surface area (Å²) in [5, 5.41) is 2.86. The molecule has 0 unspecified atom stereocenters. The van der Waals surface area contributed by atoms with E-state index in [1.807, 2.05) is 37.3 Å². The van der Waals surface area contributed by atoms with Gasteiger partial charge >= 0.3 is 0 Å². The van der Waals surface area contributed by atoms with Crippen LogP contribution in [0, 0.1) is 13.8 Å². The number of thioether (sulfide) groups is 1. The zero-order chi connectivity index (χ0) is 19.3. The normalized spacial score (nSPS) is 11.6. The van der Waals surface area contributed by atoms with Gasteiger partial charge in [-0.3, -0.25) is 4.79 Å². The molecular formula is C19H24N2O3S2. The summed E-state index contributed by atoms with van der Waals surface area (Å²) in [7, 11) is -0.630. The number of nitrogens with one attached hydrogen (secondary N) is 1. The lowest BCUT2D eigenvalue weighted by Crippen LogP contribution is -2.27. The molecule has 0 spiro atoms. The lowest BCUT2D eigenvalue weighted by atomic mass is 10.1. The SMILES string of the molecule is Cc1cc(C(=O)NCCSc2ccccc2)cc(S(=O)(=O)N(C)C)c1C. The van der Waals surface area contributed by atoms with Gasteiger partial charge in [-0.2, -0.15) is 0 Å². The number of nitrogens with zero attached hydrogens (tertiary/aromatic N) is 1. The molecule has 0 saturated carbocycles. The second-order valence-corrected chi connectivity index (χ2v) is 9.41. The molecule has 0 aromatic heterocycles. The molecule has 2 aromatic carbocycles. The topological polar surface area (TPSA) is 66.5 Å². The van der Waals surface area contributed by atoms with E-state index in [1.54, 1.807) is 24.8 Å². The number of carbonyl (C=O) groups is 1. The summed E-state index contributed by atoms with van der Waals surface area (Å²) in [6.07, 6.45) is 0. The number of carbonyl (C=O) groups excluding carboxylic acids is 1. The van der Waals surface area contributed by atoms with Gasteiger partial charge in [-0.15, -0.1) is 11.8 Å². The van der Waals surface area contributed by atoms with Crippen molar-refractivity contribution in [3.05, 3.63) is 59.2 Å². The van der Waals surface area contributed by atoms with Crippen LogP contribution in [0.5, 0.6) is 0 Å². The molecule has 0 saturated heterocycles. The Bertz CT molecular complexity index is 879. The van der Waals surface area contributed by atoms with Crippen LogP contribution in [0.1, 0.15) is 21.5 Å². The van der Waals surface area contributed by atoms with Crippen molar-refractivity contribution in [2.24, 2.45) is 0 Å². The number of rotatable bonds is 7. The average Bonchev–Trinajstić information content (AvgIpc) is 2.61. The number of sulfonamides is 1. The van der Waals surface area contributed by atoms with Crippen molar-refractivity contribution < 1.29 is 13.2 Å². The monoisotopic (exact) mass is 392 g/mol. The first-order chi connectivity index (χ1) is 12.2. The maximum atomic E-state index is 12.5. The van der Waals surface area contributed by atoms with Crippen molar-refractivity contribution >= 4 is 27.7 Å². The molecule has 0 fully saturated rings. The minimum absolute atomic E-state index is 0.173.